The number of rotatable bonds is 8. The van der Waals surface area contributed by atoms with Crippen molar-refractivity contribution in [1.82, 2.24) is 9.80 Å². The summed E-state index contributed by atoms with van der Waals surface area (Å²) in [7, 11) is 0. The number of benzene rings is 3. The third-order valence-corrected chi connectivity index (χ3v) is 7.32. The zero-order chi connectivity index (χ0) is 25.1. The van der Waals surface area contributed by atoms with Gasteiger partial charge in [-0.3, -0.25) is 19.3 Å². The molecule has 6 nitrogen and oxygen atoms in total. The lowest BCUT2D eigenvalue weighted by Crippen LogP contribution is -2.43. The molecule has 0 aromatic heterocycles. The Morgan fingerprint density at radius 1 is 0.861 bits per heavy atom. The van der Waals surface area contributed by atoms with Crippen LogP contribution in [0.2, 0.25) is 0 Å². The number of hydrogen-bond donors (Lipinski definition) is 1. The SMILES string of the molecule is O=C1c2ccccc2C(=O)N1C(CCC(=O)N1CCC[C@H]1CO)Cc1ccc(-c2ccccc2)cc1. The Hall–Kier alpha value is -3.77. The van der Waals surface area contributed by atoms with E-state index >= 15 is 0 Å². The Balaban J connectivity index is 1.37. The molecule has 1 unspecified atom stereocenters. The van der Waals surface area contributed by atoms with Gasteiger partial charge in [0, 0.05) is 19.0 Å². The number of carbonyl (C=O) groups excluding carboxylic acids is 3. The molecule has 6 heteroatoms. The lowest BCUT2D eigenvalue weighted by Gasteiger charge is -2.28. The van der Waals surface area contributed by atoms with Crippen LogP contribution in [0.25, 0.3) is 11.1 Å². The van der Waals surface area contributed by atoms with Crippen molar-refractivity contribution in [2.75, 3.05) is 13.2 Å². The van der Waals surface area contributed by atoms with Crippen LogP contribution >= 0.6 is 0 Å². The number of amides is 3. The van der Waals surface area contributed by atoms with Crippen LogP contribution in [0.15, 0.2) is 78.9 Å². The maximum Gasteiger partial charge on any atom is 0.261 e. The molecule has 3 aromatic rings. The molecule has 0 saturated carbocycles. The molecule has 184 valence electrons. The number of aliphatic hydroxyl groups is 1. The molecule has 1 fully saturated rings. The van der Waals surface area contributed by atoms with Crippen LogP contribution in [0.5, 0.6) is 0 Å². The molecule has 0 spiro atoms. The number of imide groups is 1. The summed E-state index contributed by atoms with van der Waals surface area (Å²) in [5.41, 5.74) is 4.04. The lowest BCUT2D eigenvalue weighted by molar-refractivity contribution is -0.133. The number of carbonyl (C=O) groups is 3. The van der Waals surface area contributed by atoms with Gasteiger partial charge in [0.2, 0.25) is 5.91 Å². The average Bonchev–Trinajstić information content (AvgIpc) is 3.50. The first-order valence-corrected chi connectivity index (χ1v) is 12.6. The molecule has 3 aromatic carbocycles. The minimum absolute atomic E-state index is 0.0346. The molecule has 5 rings (SSSR count). The second kappa shape index (κ2) is 10.5. The molecule has 2 aliphatic rings. The summed E-state index contributed by atoms with van der Waals surface area (Å²) in [5, 5.41) is 9.61. The third kappa shape index (κ3) is 4.69. The Bertz CT molecular complexity index is 1220. The second-order valence-electron chi connectivity index (χ2n) is 9.55. The van der Waals surface area contributed by atoms with E-state index in [9.17, 15) is 19.5 Å². The highest BCUT2D eigenvalue weighted by Crippen LogP contribution is 2.29. The van der Waals surface area contributed by atoms with Crippen LogP contribution in [0.4, 0.5) is 0 Å². The van der Waals surface area contributed by atoms with Crippen LogP contribution in [-0.4, -0.2) is 57.9 Å². The summed E-state index contributed by atoms with van der Waals surface area (Å²) in [6, 6.07) is 24.5. The summed E-state index contributed by atoms with van der Waals surface area (Å²) >= 11 is 0. The summed E-state index contributed by atoms with van der Waals surface area (Å²) < 4.78 is 0. The van der Waals surface area contributed by atoms with Gasteiger partial charge in [-0.1, -0.05) is 66.7 Å². The maximum absolute atomic E-state index is 13.3. The van der Waals surface area contributed by atoms with Crippen LogP contribution in [0.1, 0.15) is 52.0 Å². The first kappa shape index (κ1) is 23.9. The molecule has 0 radical (unpaired) electrons. The van der Waals surface area contributed by atoms with Gasteiger partial charge in [-0.05, 0) is 54.5 Å². The predicted molar refractivity (Wildman–Crippen MR) is 137 cm³/mol. The molecule has 36 heavy (non-hydrogen) atoms. The highest BCUT2D eigenvalue weighted by Gasteiger charge is 2.40. The Kier molecular flexibility index (Phi) is 6.96. The fourth-order valence-corrected chi connectivity index (χ4v) is 5.39. The molecule has 2 aliphatic heterocycles. The first-order chi connectivity index (χ1) is 17.6. The molecule has 1 N–H and O–H groups in total. The van der Waals surface area contributed by atoms with Crippen LogP contribution in [0, 0.1) is 0 Å². The smallest absolute Gasteiger partial charge is 0.261 e. The second-order valence-corrected chi connectivity index (χ2v) is 9.55. The third-order valence-electron chi connectivity index (χ3n) is 7.32. The van der Waals surface area contributed by atoms with Gasteiger partial charge in [-0.15, -0.1) is 0 Å². The lowest BCUT2D eigenvalue weighted by atomic mass is 9.97. The standard InChI is InChI=1S/C30H30N2O4/c33-20-25-9-6-18-31(25)28(34)17-16-24(32-29(35)26-10-4-5-11-27(26)30(32)36)19-21-12-14-23(15-13-21)22-7-2-1-3-8-22/h1-5,7-8,10-15,24-25,33H,6,9,16-20H2/t24?,25-/m0/s1. The van der Waals surface area contributed by atoms with E-state index in [1.165, 1.54) is 4.90 Å². The number of hydrogen-bond acceptors (Lipinski definition) is 4. The van der Waals surface area contributed by atoms with Gasteiger partial charge >= 0.3 is 0 Å². The largest absolute Gasteiger partial charge is 0.394 e. The van der Waals surface area contributed by atoms with Gasteiger partial charge < -0.3 is 10.0 Å². The van der Waals surface area contributed by atoms with E-state index in [1.54, 1.807) is 29.2 Å². The molecule has 1 saturated heterocycles. The molecule has 2 heterocycles. The van der Waals surface area contributed by atoms with Crippen molar-refractivity contribution >= 4 is 17.7 Å². The summed E-state index contributed by atoms with van der Waals surface area (Å²) in [5.74, 6) is -0.640. The van der Waals surface area contributed by atoms with Crippen molar-refractivity contribution in [2.24, 2.45) is 0 Å². The van der Waals surface area contributed by atoms with E-state index in [0.717, 1.165) is 29.5 Å². The van der Waals surface area contributed by atoms with E-state index in [0.29, 0.717) is 30.5 Å². The van der Waals surface area contributed by atoms with Crippen LogP contribution in [0.3, 0.4) is 0 Å². The first-order valence-electron chi connectivity index (χ1n) is 12.6. The van der Waals surface area contributed by atoms with Gasteiger partial charge in [0.1, 0.15) is 0 Å². The minimum atomic E-state index is -0.445. The fraction of sp³-hybridized carbons (Fsp3) is 0.300. The summed E-state index contributed by atoms with van der Waals surface area (Å²) in [6.45, 7) is 0.601. The Morgan fingerprint density at radius 2 is 1.47 bits per heavy atom. The number of aliphatic hydroxyl groups excluding tert-OH is 1. The van der Waals surface area contributed by atoms with Crippen molar-refractivity contribution in [3.63, 3.8) is 0 Å². The van der Waals surface area contributed by atoms with Crippen molar-refractivity contribution in [3.8, 4) is 11.1 Å². The van der Waals surface area contributed by atoms with Crippen molar-refractivity contribution < 1.29 is 19.5 Å². The predicted octanol–water partition coefficient (Wildman–Crippen LogP) is 4.32. The monoisotopic (exact) mass is 482 g/mol. The van der Waals surface area contributed by atoms with Gasteiger partial charge in [0.15, 0.2) is 0 Å². The number of likely N-dealkylation sites (tertiary alicyclic amines) is 1. The van der Waals surface area contributed by atoms with E-state index in [-0.39, 0.29) is 36.8 Å². The number of nitrogens with zero attached hydrogens (tertiary/aromatic N) is 2. The van der Waals surface area contributed by atoms with Crippen molar-refractivity contribution in [3.05, 3.63) is 95.6 Å². The van der Waals surface area contributed by atoms with Crippen LogP contribution in [-0.2, 0) is 11.2 Å². The molecule has 0 aliphatic carbocycles. The zero-order valence-electron chi connectivity index (χ0n) is 20.2. The zero-order valence-corrected chi connectivity index (χ0v) is 20.2. The van der Waals surface area contributed by atoms with E-state index in [1.807, 2.05) is 42.5 Å². The number of fused-ring (bicyclic) bond motifs is 1. The molecule has 3 amide bonds. The Morgan fingerprint density at radius 3 is 2.11 bits per heavy atom. The van der Waals surface area contributed by atoms with Crippen molar-refractivity contribution in [1.29, 1.82) is 0 Å². The highest BCUT2D eigenvalue weighted by atomic mass is 16.3. The summed E-state index contributed by atoms with van der Waals surface area (Å²) in [4.78, 5) is 42.6. The normalized spacial score (nSPS) is 18.0. The van der Waals surface area contributed by atoms with E-state index in [4.69, 9.17) is 0 Å². The molecule has 0 bridgehead atoms. The average molecular weight is 483 g/mol. The maximum atomic E-state index is 13.3. The van der Waals surface area contributed by atoms with Gasteiger partial charge in [0.25, 0.3) is 11.8 Å². The Labute approximate surface area is 211 Å². The topological polar surface area (TPSA) is 77.9 Å². The fourth-order valence-electron chi connectivity index (χ4n) is 5.39. The van der Waals surface area contributed by atoms with Crippen LogP contribution < -0.4 is 0 Å². The molecular weight excluding hydrogens is 452 g/mol. The highest BCUT2D eigenvalue weighted by molar-refractivity contribution is 6.21. The summed E-state index contributed by atoms with van der Waals surface area (Å²) in [6.07, 6.45) is 2.75. The quantitative estimate of drug-likeness (QED) is 0.485. The van der Waals surface area contributed by atoms with Gasteiger partial charge in [0.05, 0.1) is 23.8 Å². The van der Waals surface area contributed by atoms with Gasteiger partial charge in [-0.2, -0.15) is 0 Å². The van der Waals surface area contributed by atoms with E-state index < -0.39 is 6.04 Å². The molecular formula is C30H30N2O4. The molecule has 2 atom stereocenters. The van der Waals surface area contributed by atoms with Gasteiger partial charge in [-0.25, -0.2) is 0 Å². The minimum Gasteiger partial charge on any atom is -0.394 e. The van der Waals surface area contributed by atoms with Crippen molar-refractivity contribution in [2.45, 2.75) is 44.2 Å². The van der Waals surface area contributed by atoms with E-state index in [2.05, 4.69) is 12.1 Å².